The van der Waals surface area contributed by atoms with Crippen molar-refractivity contribution in [1.29, 1.82) is 0 Å². The first-order chi connectivity index (χ1) is 7.67. The molecule has 0 saturated heterocycles. The van der Waals surface area contributed by atoms with Crippen LogP contribution in [-0.4, -0.2) is 36.0 Å². The van der Waals surface area contributed by atoms with E-state index in [1.54, 1.807) is 24.3 Å². The third-order valence-electron chi connectivity index (χ3n) is 1.98. The summed E-state index contributed by atoms with van der Waals surface area (Å²) in [6, 6.07) is 6.55. The van der Waals surface area contributed by atoms with E-state index in [1.165, 1.54) is 7.11 Å². The molecular formula is C11H14O5. The van der Waals surface area contributed by atoms with E-state index in [0.29, 0.717) is 5.75 Å². The van der Waals surface area contributed by atoms with E-state index in [4.69, 9.17) is 19.7 Å². The molecule has 0 aliphatic carbocycles. The highest BCUT2D eigenvalue weighted by Crippen LogP contribution is 2.14. The summed E-state index contributed by atoms with van der Waals surface area (Å²) < 4.78 is 9.95. The molecule has 1 aromatic rings. The van der Waals surface area contributed by atoms with Crippen LogP contribution in [0.1, 0.15) is 5.56 Å². The maximum atomic E-state index is 10.8. The molecule has 0 radical (unpaired) electrons. The predicted octanol–water partition coefficient (Wildman–Crippen LogP) is 0.657. The van der Waals surface area contributed by atoms with Gasteiger partial charge in [0.05, 0.1) is 13.2 Å². The highest BCUT2D eigenvalue weighted by atomic mass is 16.5. The van der Waals surface area contributed by atoms with Crippen LogP contribution >= 0.6 is 0 Å². The van der Waals surface area contributed by atoms with Crippen LogP contribution in [0.3, 0.4) is 0 Å². The monoisotopic (exact) mass is 226 g/mol. The van der Waals surface area contributed by atoms with Gasteiger partial charge < -0.3 is 19.7 Å². The molecule has 0 amide bonds. The first-order valence-electron chi connectivity index (χ1n) is 4.75. The average molecular weight is 226 g/mol. The van der Waals surface area contributed by atoms with Gasteiger partial charge in [-0.2, -0.15) is 0 Å². The van der Waals surface area contributed by atoms with Gasteiger partial charge >= 0.3 is 5.97 Å². The molecular weight excluding hydrogens is 212 g/mol. The maximum Gasteiger partial charge on any atom is 0.347 e. The lowest BCUT2D eigenvalue weighted by Crippen LogP contribution is -2.31. The van der Waals surface area contributed by atoms with Crippen molar-refractivity contribution in [3.05, 3.63) is 29.8 Å². The Hall–Kier alpha value is -1.59. The lowest BCUT2D eigenvalue weighted by molar-refractivity contribution is -0.147. The zero-order valence-corrected chi connectivity index (χ0v) is 8.92. The fourth-order valence-electron chi connectivity index (χ4n) is 1.14. The summed E-state index contributed by atoms with van der Waals surface area (Å²) in [5.41, 5.74) is 0.742. The third-order valence-corrected chi connectivity index (χ3v) is 1.98. The van der Waals surface area contributed by atoms with Crippen molar-refractivity contribution in [2.45, 2.75) is 12.7 Å². The molecule has 5 nitrogen and oxygen atoms in total. The van der Waals surface area contributed by atoms with Gasteiger partial charge in [-0.1, -0.05) is 12.1 Å². The van der Waals surface area contributed by atoms with Crippen molar-refractivity contribution in [2.75, 3.05) is 13.7 Å². The number of hydrogen-bond acceptors (Lipinski definition) is 4. The van der Waals surface area contributed by atoms with Crippen molar-refractivity contribution >= 4 is 5.97 Å². The van der Waals surface area contributed by atoms with Gasteiger partial charge in [0.1, 0.15) is 5.75 Å². The average Bonchev–Trinajstić information content (AvgIpc) is 2.29. The Morgan fingerprint density at radius 3 is 2.44 bits per heavy atom. The van der Waals surface area contributed by atoms with Crippen LogP contribution in [-0.2, 0) is 16.1 Å². The van der Waals surface area contributed by atoms with Gasteiger partial charge in [-0.05, 0) is 17.7 Å². The molecule has 16 heavy (non-hydrogen) atoms. The van der Waals surface area contributed by atoms with Crippen molar-refractivity contribution in [2.24, 2.45) is 0 Å². The Morgan fingerprint density at radius 1 is 1.38 bits per heavy atom. The van der Waals surface area contributed by atoms with Crippen molar-refractivity contribution in [1.82, 2.24) is 0 Å². The number of aliphatic hydroxyl groups excluding tert-OH is 1. The van der Waals surface area contributed by atoms with Gasteiger partial charge in [0.15, 0.2) is 0 Å². The quantitative estimate of drug-likeness (QED) is 0.745. The second-order valence-electron chi connectivity index (χ2n) is 3.20. The predicted molar refractivity (Wildman–Crippen MR) is 56.3 cm³/mol. The number of aliphatic hydroxyl groups is 1. The summed E-state index contributed by atoms with van der Waals surface area (Å²) in [7, 11) is 1.41. The summed E-state index contributed by atoms with van der Waals surface area (Å²) in [4.78, 5) is 10.8. The molecule has 0 aromatic heterocycles. The molecule has 0 aliphatic rings. The number of methoxy groups -OCH3 is 1. The smallest absolute Gasteiger partial charge is 0.347 e. The normalized spacial score (nSPS) is 12.1. The second-order valence-corrected chi connectivity index (χ2v) is 3.20. The van der Waals surface area contributed by atoms with Gasteiger partial charge in [0.25, 0.3) is 0 Å². The molecule has 1 aromatic carbocycles. The first-order valence-corrected chi connectivity index (χ1v) is 4.75. The number of carboxylic acid groups (broad SMARTS) is 1. The van der Waals surface area contributed by atoms with Crippen LogP contribution in [0.15, 0.2) is 24.3 Å². The molecule has 5 heteroatoms. The summed E-state index contributed by atoms with van der Waals surface area (Å²) in [5, 5.41) is 17.6. The van der Waals surface area contributed by atoms with Crippen molar-refractivity contribution in [3.63, 3.8) is 0 Å². The van der Waals surface area contributed by atoms with Gasteiger partial charge in [-0.3, -0.25) is 0 Å². The Kier molecular flexibility index (Phi) is 4.75. The molecule has 2 N–H and O–H groups in total. The molecule has 1 unspecified atom stereocenters. The van der Waals surface area contributed by atoms with Gasteiger partial charge in [-0.25, -0.2) is 4.79 Å². The number of aliphatic carboxylic acids is 1. The molecule has 0 spiro atoms. The highest BCUT2D eigenvalue weighted by molar-refractivity contribution is 5.72. The minimum atomic E-state index is -1.08. The van der Waals surface area contributed by atoms with Gasteiger partial charge in [-0.15, -0.1) is 0 Å². The summed E-state index contributed by atoms with van der Waals surface area (Å²) in [6.07, 6.45) is -1.02. The van der Waals surface area contributed by atoms with Gasteiger partial charge in [0.2, 0.25) is 6.10 Å². The fourth-order valence-corrected chi connectivity index (χ4v) is 1.14. The molecule has 1 rings (SSSR count). The molecule has 0 bridgehead atoms. The molecule has 0 aliphatic heterocycles. The SMILES string of the molecule is COCC(Oc1ccc(CO)cc1)C(=O)O. The Balaban J connectivity index is 2.65. The lowest BCUT2D eigenvalue weighted by atomic mass is 10.2. The van der Waals surface area contributed by atoms with Crippen LogP contribution in [0, 0.1) is 0 Å². The van der Waals surface area contributed by atoms with E-state index in [9.17, 15) is 4.79 Å². The first kappa shape index (κ1) is 12.5. The van der Waals surface area contributed by atoms with Gasteiger partial charge in [0, 0.05) is 7.11 Å². The zero-order chi connectivity index (χ0) is 12.0. The van der Waals surface area contributed by atoms with E-state index in [-0.39, 0.29) is 13.2 Å². The molecule has 0 heterocycles. The molecule has 88 valence electrons. The molecule has 0 fully saturated rings. The third kappa shape index (κ3) is 3.52. The Morgan fingerprint density at radius 2 is 2.00 bits per heavy atom. The van der Waals surface area contributed by atoms with E-state index in [1.807, 2.05) is 0 Å². The minimum absolute atomic E-state index is 0.0168. The Bertz CT molecular complexity index is 333. The number of ether oxygens (including phenoxy) is 2. The van der Waals surface area contributed by atoms with E-state index >= 15 is 0 Å². The van der Waals surface area contributed by atoms with Crippen LogP contribution < -0.4 is 4.74 Å². The summed E-state index contributed by atoms with van der Waals surface area (Å²) in [6.45, 7) is -0.0716. The van der Waals surface area contributed by atoms with E-state index < -0.39 is 12.1 Å². The number of carbonyl (C=O) groups is 1. The summed E-state index contributed by atoms with van der Waals surface area (Å²) >= 11 is 0. The standard InChI is InChI=1S/C11H14O5/c1-15-7-10(11(13)14)16-9-4-2-8(6-12)3-5-9/h2-5,10,12H,6-7H2,1H3,(H,13,14). The van der Waals surface area contributed by atoms with E-state index in [0.717, 1.165) is 5.56 Å². The van der Waals surface area contributed by atoms with Crippen LogP contribution in [0.2, 0.25) is 0 Å². The fraction of sp³-hybridized carbons (Fsp3) is 0.364. The second kappa shape index (κ2) is 6.09. The topological polar surface area (TPSA) is 76.0 Å². The number of carboxylic acids is 1. The zero-order valence-electron chi connectivity index (χ0n) is 8.92. The van der Waals surface area contributed by atoms with Crippen LogP contribution in [0.25, 0.3) is 0 Å². The van der Waals surface area contributed by atoms with Crippen LogP contribution in [0.5, 0.6) is 5.75 Å². The minimum Gasteiger partial charge on any atom is -0.478 e. The number of hydrogen-bond donors (Lipinski definition) is 2. The van der Waals surface area contributed by atoms with Crippen molar-refractivity contribution < 1.29 is 24.5 Å². The molecule has 0 saturated carbocycles. The Labute approximate surface area is 93.2 Å². The maximum absolute atomic E-state index is 10.8. The van der Waals surface area contributed by atoms with Crippen molar-refractivity contribution in [3.8, 4) is 5.75 Å². The molecule has 1 atom stereocenters. The summed E-state index contributed by atoms with van der Waals surface area (Å²) in [5.74, 6) is -0.644. The number of rotatable bonds is 6. The number of benzene rings is 1. The van der Waals surface area contributed by atoms with E-state index in [2.05, 4.69) is 0 Å². The largest absolute Gasteiger partial charge is 0.478 e. The highest BCUT2D eigenvalue weighted by Gasteiger charge is 2.18. The lowest BCUT2D eigenvalue weighted by Gasteiger charge is -2.14. The van der Waals surface area contributed by atoms with Crippen LogP contribution in [0.4, 0.5) is 0 Å².